The summed E-state index contributed by atoms with van der Waals surface area (Å²) >= 11 is 0. The summed E-state index contributed by atoms with van der Waals surface area (Å²) in [7, 11) is -4.09. The molecule has 1 aromatic rings. The van der Waals surface area contributed by atoms with Crippen molar-refractivity contribution in [1.82, 2.24) is 10.2 Å². The maximum absolute atomic E-state index is 13.2. The van der Waals surface area contributed by atoms with Gasteiger partial charge in [0.1, 0.15) is 11.9 Å². The quantitative estimate of drug-likeness (QED) is 0.281. The molecule has 0 unspecified atom stereocenters. The highest BCUT2D eigenvalue weighted by Crippen LogP contribution is 2.14. The normalized spacial score (nSPS) is 12.9. The molecule has 0 aliphatic rings. The molecule has 0 bridgehead atoms. The van der Waals surface area contributed by atoms with Crippen LogP contribution in [0.4, 0.5) is 4.39 Å². The molecule has 0 saturated heterocycles. The minimum atomic E-state index is -4.09. The first-order chi connectivity index (χ1) is 10.3. The number of aryl methyl sites for hydroxylation is 1. The van der Waals surface area contributed by atoms with Crippen LogP contribution in [0, 0.1) is 12.7 Å². The number of rotatable bonds is 8. The Labute approximate surface area is 127 Å². The predicted molar refractivity (Wildman–Crippen MR) is 75.0 cm³/mol. The van der Waals surface area contributed by atoms with Crippen LogP contribution in [0.1, 0.15) is 5.56 Å². The number of halogens is 1. The molecule has 1 amide bonds. The highest BCUT2D eigenvalue weighted by molar-refractivity contribution is 7.89. The Balaban J connectivity index is 2.93. The van der Waals surface area contributed by atoms with Gasteiger partial charge in [-0.15, -0.1) is 0 Å². The van der Waals surface area contributed by atoms with Gasteiger partial charge in [0, 0.05) is 6.54 Å². The lowest BCUT2D eigenvalue weighted by molar-refractivity contribution is -0.132. The molecule has 1 aromatic carbocycles. The van der Waals surface area contributed by atoms with Crippen LogP contribution in [0.25, 0.3) is 0 Å². The van der Waals surface area contributed by atoms with Gasteiger partial charge in [-0.05, 0) is 30.7 Å². The summed E-state index contributed by atoms with van der Waals surface area (Å²) in [5.41, 5.74) is 6.72. The molecule has 22 heavy (non-hydrogen) atoms. The first-order valence-electron chi connectivity index (χ1n) is 6.32. The summed E-state index contributed by atoms with van der Waals surface area (Å²) in [6.45, 7) is 1.41. The molecule has 0 aromatic heterocycles. The Hall–Kier alpha value is -1.59. The van der Waals surface area contributed by atoms with Gasteiger partial charge >= 0.3 is 0 Å². The Bertz CT molecular complexity index is 623. The lowest BCUT2D eigenvalue weighted by Crippen LogP contribution is -2.48. The van der Waals surface area contributed by atoms with Crippen molar-refractivity contribution in [3.05, 3.63) is 29.6 Å². The van der Waals surface area contributed by atoms with Crippen LogP contribution in [0.3, 0.4) is 0 Å². The van der Waals surface area contributed by atoms with Crippen molar-refractivity contribution >= 4 is 15.9 Å². The summed E-state index contributed by atoms with van der Waals surface area (Å²) in [5.74, 6) is -1.53. The molecule has 8 nitrogen and oxygen atoms in total. The third kappa shape index (κ3) is 5.00. The van der Waals surface area contributed by atoms with Crippen molar-refractivity contribution in [3.8, 4) is 0 Å². The van der Waals surface area contributed by atoms with E-state index >= 15 is 0 Å². The van der Waals surface area contributed by atoms with Crippen molar-refractivity contribution in [2.45, 2.75) is 17.9 Å². The number of benzene rings is 1. The average molecular weight is 335 g/mol. The summed E-state index contributed by atoms with van der Waals surface area (Å²) in [5, 5.41) is 8.65. The molecule has 10 heteroatoms. The Morgan fingerprint density at radius 3 is 2.73 bits per heavy atom. The van der Waals surface area contributed by atoms with Crippen molar-refractivity contribution < 1.29 is 27.5 Å². The van der Waals surface area contributed by atoms with Crippen LogP contribution in [-0.4, -0.2) is 45.3 Å². The molecule has 124 valence electrons. The van der Waals surface area contributed by atoms with E-state index < -0.39 is 27.8 Å². The topological polar surface area (TPSA) is 131 Å². The monoisotopic (exact) mass is 335 g/mol. The fourth-order valence-corrected chi connectivity index (χ4v) is 2.83. The van der Waals surface area contributed by atoms with Gasteiger partial charge in [-0.1, -0.05) is 0 Å². The first kappa shape index (κ1) is 18.5. The molecular weight excluding hydrogens is 317 g/mol. The fourth-order valence-electron chi connectivity index (χ4n) is 1.57. The lowest BCUT2D eigenvalue weighted by atomic mass is 10.2. The number of hydrogen-bond donors (Lipinski definition) is 4. The standard InChI is InChI=1S/C12H18FN3O5S/c1-8-6-9(2-3-10(8)13)22(19,20)16-11(12(17)15-18)7-21-5-4-14/h2-3,6,11,16,18H,4-5,7,14H2,1H3,(H,15,17)/t11-/m1/s1. The van der Waals surface area contributed by atoms with Gasteiger partial charge in [0.15, 0.2) is 0 Å². The minimum Gasteiger partial charge on any atom is -0.378 e. The van der Waals surface area contributed by atoms with Crippen molar-refractivity contribution in [3.63, 3.8) is 0 Å². The number of ether oxygens (including phenoxy) is 1. The largest absolute Gasteiger partial charge is 0.378 e. The van der Waals surface area contributed by atoms with Crippen LogP contribution in [0.2, 0.25) is 0 Å². The average Bonchev–Trinajstić information content (AvgIpc) is 2.48. The summed E-state index contributed by atoms with van der Waals surface area (Å²) in [4.78, 5) is 11.3. The number of hydrogen-bond acceptors (Lipinski definition) is 6. The number of nitrogens with two attached hydrogens (primary N) is 1. The zero-order chi connectivity index (χ0) is 16.8. The highest BCUT2D eigenvalue weighted by Gasteiger charge is 2.26. The maximum Gasteiger partial charge on any atom is 0.263 e. The Morgan fingerprint density at radius 1 is 1.50 bits per heavy atom. The van der Waals surface area contributed by atoms with Crippen LogP contribution in [-0.2, 0) is 19.6 Å². The molecule has 0 saturated carbocycles. The first-order valence-corrected chi connectivity index (χ1v) is 7.80. The Morgan fingerprint density at radius 2 is 2.18 bits per heavy atom. The molecule has 0 spiro atoms. The molecule has 0 fully saturated rings. The molecule has 5 N–H and O–H groups in total. The molecule has 1 atom stereocenters. The molecule has 1 rings (SSSR count). The highest BCUT2D eigenvalue weighted by atomic mass is 32.2. The van der Waals surface area contributed by atoms with E-state index in [0.29, 0.717) is 0 Å². The number of hydroxylamine groups is 1. The van der Waals surface area contributed by atoms with E-state index in [1.807, 2.05) is 0 Å². The third-order valence-corrected chi connectivity index (χ3v) is 4.18. The van der Waals surface area contributed by atoms with E-state index in [2.05, 4.69) is 4.72 Å². The lowest BCUT2D eigenvalue weighted by Gasteiger charge is -2.17. The number of carbonyl (C=O) groups excluding carboxylic acids is 1. The van der Waals surface area contributed by atoms with Crippen molar-refractivity contribution in [2.24, 2.45) is 5.73 Å². The van der Waals surface area contributed by atoms with Gasteiger partial charge in [-0.25, -0.2) is 18.3 Å². The molecule has 0 aliphatic carbocycles. The van der Waals surface area contributed by atoms with Crippen LogP contribution >= 0.6 is 0 Å². The van der Waals surface area contributed by atoms with Crippen molar-refractivity contribution in [1.29, 1.82) is 0 Å². The van der Waals surface area contributed by atoms with Crippen LogP contribution < -0.4 is 15.9 Å². The maximum atomic E-state index is 13.2. The summed E-state index contributed by atoms with van der Waals surface area (Å²) < 4.78 is 44.6. The predicted octanol–water partition coefficient (Wildman–Crippen LogP) is -0.738. The Kier molecular flexibility index (Phi) is 6.84. The second-order valence-electron chi connectivity index (χ2n) is 4.42. The van der Waals surface area contributed by atoms with Crippen molar-refractivity contribution in [2.75, 3.05) is 19.8 Å². The number of carbonyl (C=O) groups is 1. The van der Waals surface area contributed by atoms with Crippen LogP contribution in [0.5, 0.6) is 0 Å². The van der Waals surface area contributed by atoms with E-state index in [9.17, 15) is 17.6 Å². The second kappa shape index (κ2) is 8.15. The minimum absolute atomic E-state index is 0.118. The van der Waals surface area contributed by atoms with E-state index in [1.54, 1.807) is 0 Å². The summed E-state index contributed by atoms with van der Waals surface area (Å²) in [6, 6.07) is 1.86. The van der Waals surface area contributed by atoms with E-state index in [0.717, 1.165) is 18.2 Å². The molecular formula is C12H18FN3O5S. The molecule has 0 aliphatic heterocycles. The van der Waals surface area contributed by atoms with Gasteiger partial charge in [0.25, 0.3) is 5.91 Å². The number of sulfonamides is 1. The second-order valence-corrected chi connectivity index (χ2v) is 6.14. The summed E-state index contributed by atoms with van der Waals surface area (Å²) in [6.07, 6.45) is 0. The smallest absolute Gasteiger partial charge is 0.263 e. The zero-order valence-electron chi connectivity index (χ0n) is 11.9. The van der Waals surface area contributed by atoms with Gasteiger partial charge in [0.05, 0.1) is 18.1 Å². The van der Waals surface area contributed by atoms with Gasteiger partial charge < -0.3 is 10.5 Å². The number of nitrogens with one attached hydrogen (secondary N) is 2. The third-order valence-electron chi connectivity index (χ3n) is 2.71. The zero-order valence-corrected chi connectivity index (χ0v) is 12.7. The molecule has 0 radical (unpaired) electrons. The van der Waals surface area contributed by atoms with E-state index in [4.69, 9.17) is 15.7 Å². The number of amides is 1. The van der Waals surface area contributed by atoms with Crippen LogP contribution in [0.15, 0.2) is 23.1 Å². The fraction of sp³-hybridized carbons (Fsp3) is 0.417. The van der Waals surface area contributed by atoms with Gasteiger partial charge in [-0.3, -0.25) is 10.0 Å². The molecule has 0 heterocycles. The van der Waals surface area contributed by atoms with E-state index in [-0.39, 0.29) is 30.2 Å². The van der Waals surface area contributed by atoms with Gasteiger partial charge in [-0.2, -0.15) is 4.72 Å². The van der Waals surface area contributed by atoms with Gasteiger partial charge in [0.2, 0.25) is 10.0 Å². The SMILES string of the molecule is Cc1cc(S(=O)(=O)N[C@H](COCCN)C(=O)NO)ccc1F. The van der Waals surface area contributed by atoms with E-state index in [1.165, 1.54) is 12.4 Å².